The van der Waals surface area contributed by atoms with Crippen LogP contribution in [0.4, 0.5) is 5.82 Å². The Morgan fingerprint density at radius 1 is 1.38 bits per heavy atom. The Hall–Kier alpha value is -1.78. The number of aromatic hydroxyl groups is 1. The van der Waals surface area contributed by atoms with Crippen LogP contribution in [0.3, 0.4) is 0 Å². The minimum atomic E-state index is 0.191. The maximum atomic E-state index is 9.40. The molecule has 0 radical (unpaired) electrons. The fourth-order valence-corrected chi connectivity index (χ4v) is 1.46. The minimum absolute atomic E-state index is 0.191. The lowest BCUT2D eigenvalue weighted by Crippen LogP contribution is -2.07. The van der Waals surface area contributed by atoms with Gasteiger partial charge >= 0.3 is 0 Å². The molecule has 0 aliphatic carbocycles. The van der Waals surface area contributed by atoms with Crippen molar-refractivity contribution in [2.75, 3.05) is 12.8 Å². The molecular formula is C8H11N3O2. The van der Waals surface area contributed by atoms with Crippen LogP contribution in [0.1, 0.15) is 0 Å². The van der Waals surface area contributed by atoms with Crippen LogP contribution >= 0.6 is 0 Å². The molecule has 13 heavy (non-hydrogen) atoms. The third kappa shape index (κ3) is 0.867. The van der Waals surface area contributed by atoms with E-state index in [-0.39, 0.29) is 5.88 Å². The summed E-state index contributed by atoms with van der Waals surface area (Å²) in [6.45, 7) is 0. The summed E-state index contributed by atoms with van der Waals surface area (Å²) in [5, 5.41) is 9.40. The van der Waals surface area contributed by atoms with Crippen molar-refractivity contribution in [1.82, 2.24) is 9.30 Å². The van der Waals surface area contributed by atoms with E-state index in [1.165, 1.54) is 11.8 Å². The Kier molecular flexibility index (Phi) is 1.42. The number of aryl methyl sites for hydroxylation is 1. The molecule has 2 heterocycles. The summed E-state index contributed by atoms with van der Waals surface area (Å²) >= 11 is 0. The Balaban J connectivity index is 2.84. The number of anilines is 1. The normalized spacial score (nSPS) is 10.9. The van der Waals surface area contributed by atoms with E-state index in [9.17, 15) is 5.11 Å². The Morgan fingerprint density at radius 3 is 2.69 bits per heavy atom. The molecule has 0 saturated carbocycles. The lowest BCUT2D eigenvalue weighted by Gasteiger charge is -2.01. The molecule has 2 aromatic heterocycles. The van der Waals surface area contributed by atoms with Crippen molar-refractivity contribution >= 4 is 16.9 Å². The van der Waals surface area contributed by atoms with E-state index in [0.29, 0.717) is 5.82 Å². The molecule has 5 nitrogen and oxygen atoms in total. The number of hydrogen-bond acceptors (Lipinski definition) is 3. The van der Waals surface area contributed by atoms with E-state index >= 15 is 0 Å². The first-order valence-electron chi connectivity index (χ1n) is 3.85. The largest absolute Gasteiger partial charge is 0.494 e. The van der Waals surface area contributed by atoms with E-state index in [1.54, 1.807) is 23.7 Å². The van der Waals surface area contributed by atoms with E-state index in [2.05, 4.69) is 0 Å². The highest BCUT2D eigenvalue weighted by Gasteiger charge is 2.12. The molecular weight excluding hydrogens is 170 g/mol. The van der Waals surface area contributed by atoms with E-state index in [0.717, 1.165) is 11.0 Å². The fourth-order valence-electron chi connectivity index (χ4n) is 1.46. The highest BCUT2D eigenvalue weighted by molar-refractivity contribution is 5.83. The van der Waals surface area contributed by atoms with Crippen molar-refractivity contribution in [2.45, 2.75) is 0 Å². The van der Waals surface area contributed by atoms with Gasteiger partial charge in [0, 0.05) is 19.2 Å². The average Bonchev–Trinajstić information content (AvgIpc) is 2.52. The summed E-state index contributed by atoms with van der Waals surface area (Å²) < 4.78 is 3.11. The number of rotatable bonds is 1. The summed E-state index contributed by atoms with van der Waals surface area (Å²) in [6, 6.07) is 3.35. The third-order valence-corrected chi connectivity index (χ3v) is 2.15. The number of nitrogen functional groups attached to an aromatic ring is 1. The SMILES string of the molecule is COn1c(N)cc2c1cc(O)n2C. The molecule has 5 heteroatoms. The maximum absolute atomic E-state index is 9.40. The van der Waals surface area contributed by atoms with Crippen molar-refractivity contribution < 1.29 is 9.94 Å². The summed E-state index contributed by atoms with van der Waals surface area (Å²) in [7, 11) is 3.29. The molecule has 0 unspecified atom stereocenters. The Bertz CT molecular complexity index is 455. The zero-order chi connectivity index (χ0) is 9.59. The van der Waals surface area contributed by atoms with Gasteiger partial charge in [-0.25, -0.2) is 0 Å². The van der Waals surface area contributed by atoms with E-state index in [4.69, 9.17) is 10.6 Å². The monoisotopic (exact) mass is 181 g/mol. The van der Waals surface area contributed by atoms with Gasteiger partial charge in [0.2, 0.25) is 0 Å². The predicted octanol–water partition coefficient (Wildman–Crippen LogP) is 0.326. The molecule has 0 spiro atoms. The summed E-state index contributed by atoms with van der Waals surface area (Å²) in [5.74, 6) is 0.707. The van der Waals surface area contributed by atoms with E-state index in [1.807, 2.05) is 0 Å². The van der Waals surface area contributed by atoms with Crippen molar-refractivity contribution in [3.8, 4) is 5.88 Å². The number of fused-ring (bicyclic) bond motifs is 1. The van der Waals surface area contributed by atoms with Gasteiger partial charge in [-0.2, -0.15) is 4.73 Å². The van der Waals surface area contributed by atoms with Crippen molar-refractivity contribution in [3.63, 3.8) is 0 Å². The van der Waals surface area contributed by atoms with Gasteiger partial charge < -0.3 is 20.2 Å². The van der Waals surface area contributed by atoms with Crippen LogP contribution in [0.2, 0.25) is 0 Å². The number of hydrogen-bond donors (Lipinski definition) is 2. The molecule has 0 atom stereocenters. The van der Waals surface area contributed by atoms with Gasteiger partial charge in [0.05, 0.1) is 5.52 Å². The second kappa shape index (κ2) is 2.35. The second-order valence-electron chi connectivity index (χ2n) is 2.88. The van der Waals surface area contributed by atoms with Gasteiger partial charge in [-0.3, -0.25) is 0 Å². The summed E-state index contributed by atoms with van der Waals surface area (Å²) in [6.07, 6.45) is 0. The smallest absolute Gasteiger partial charge is 0.193 e. The number of nitrogens with two attached hydrogens (primary N) is 1. The highest BCUT2D eigenvalue weighted by atomic mass is 16.6. The van der Waals surface area contributed by atoms with Gasteiger partial charge in [-0.05, 0) is 0 Å². The molecule has 2 rings (SSSR count). The topological polar surface area (TPSA) is 65.3 Å². The van der Waals surface area contributed by atoms with E-state index < -0.39 is 0 Å². The van der Waals surface area contributed by atoms with Gasteiger partial charge in [0.25, 0.3) is 0 Å². The second-order valence-corrected chi connectivity index (χ2v) is 2.88. The van der Waals surface area contributed by atoms with Gasteiger partial charge in [-0.15, -0.1) is 0 Å². The first-order chi connectivity index (χ1) is 6.15. The fraction of sp³-hybridized carbons (Fsp3) is 0.250. The Labute approximate surface area is 74.9 Å². The minimum Gasteiger partial charge on any atom is -0.494 e. The van der Waals surface area contributed by atoms with Crippen LogP contribution < -0.4 is 10.6 Å². The highest BCUT2D eigenvalue weighted by Crippen LogP contribution is 2.26. The molecule has 2 aromatic rings. The molecule has 0 bridgehead atoms. The average molecular weight is 181 g/mol. The Morgan fingerprint density at radius 2 is 2.08 bits per heavy atom. The van der Waals surface area contributed by atoms with Crippen molar-refractivity contribution in [1.29, 1.82) is 0 Å². The quantitative estimate of drug-likeness (QED) is 0.666. The first-order valence-corrected chi connectivity index (χ1v) is 3.85. The molecule has 0 aliphatic rings. The maximum Gasteiger partial charge on any atom is 0.193 e. The van der Waals surface area contributed by atoms with Gasteiger partial charge in [-0.1, -0.05) is 0 Å². The van der Waals surface area contributed by atoms with Crippen LogP contribution in [0.15, 0.2) is 12.1 Å². The summed E-state index contributed by atoms with van der Waals surface area (Å²) in [5.41, 5.74) is 7.28. The zero-order valence-electron chi connectivity index (χ0n) is 7.48. The zero-order valence-corrected chi connectivity index (χ0v) is 7.48. The van der Waals surface area contributed by atoms with Gasteiger partial charge in [0.1, 0.15) is 18.4 Å². The van der Waals surface area contributed by atoms with Crippen LogP contribution in [0.5, 0.6) is 5.88 Å². The lowest BCUT2D eigenvalue weighted by atomic mass is 10.5. The molecule has 0 aromatic carbocycles. The molecule has 3 N–H and O–H groups in total. The predicted molar refractivity (Wildman–Crippen MR) is 49.5 cm³/mol. The van der Waals surface area contributed by atoms with Crippen LogP contribution in [0.25, 0.3) is 11.0 Å². The number of aromatic nitrogens is 2. The standard InChI is InChI=1S/C8H11N3O2/c1-10-5-3-7(9)11(13-2)6(5)4-8(10)12/h3-4,12H,9H2,1-2H3. The summed E-state index contributed by atoms with van der Waals surface area (Å²) in [4.78, 5) is 5.03. The molecule has 0 saturated heterocycles. The first kappa shape index (κ1) is 7.85. The lowest BCUT2D eigenvalue weighted by molar-refractivity contribution is 0.184. The molecule has 0 aliphatic heterocycles. The van der Waals surface area contributed by atoms with Crippen molar-refractivity contribution in [2.24, 2.45) is 7.05 Å². The molecule has 0 amide bonds. The van der Waals surface area contributed by atoms with Crippen LogP contribution in [-0.4, -0.2) is 21.5 Å². The van der Waals surface area contributed by atoms with Gasteiger partial charge in [0.15, 0.2) is 5.88 Å². The third-order valence-electron chi connectivity index (χ3n) is 2.15. The number of nitrogens with zero attached hydrogens (tertiary/aromatic N) is 2. The molecule has 70 valence electrons. The van der Waals surface area contributed by atoms with Crippen LogP contribution in [-0.2, 0) is 7.05 Å². The van der Waals surface area contributed by atoms with Crippen LogP contribution in [0, 0.1) is 0 Å². The molecule has 0 fully saturated rings. The van der Waals surface area contributed by atoms with Crippen molar-refractivity contribution in [3.05, 3.63) is 12.1 Å².